The molecule has 0 aliphatic carbocycles. The van der Waals surface area contributed by atoms with Gasteiger partial charge in [-0.25, -0.2) is 4.79 Å². The monoisotopic (exact) mass is 555 g/mol. The number of urea groups is 1. The fourth-order valence-corrected chi connectivity index (χ4v) is 4.58. The van der Waals surface area contributed by atoms with Gasteiger partial charge in [-0.05, 0) is 79.3 Å². The van der Waals surface area contributed by atoms with Gasteiger partial charge in [0.05, 0.1) is 0 Å². The lowest BCUT2D eigenvalue weighted by Gasteiger charge is -2.26. The Morgan fingerprint density at radius 3 is 1.27 bits per heavy atom. The van der Waals surface area contributed by atoms with Crippen LogP contribution in [-0.2, 0) is 34.7 Å². The Bertz CT molecular complexity index is 1280. The van der Waals surface area contributed by atoms with Gasteiger partial charge >= 0.3 is 6.03 Å². The summed E-state index contributed by atoms with van der Waals surface area (Å²) in [6, 6.07) is 21.2. The molecule has 3 aromatic carbocycles. The highest BCUT2D eigenvalue weighted by molar-refractivity contribution is 5.99. The van der Waals surface area contributed by atoms with Crippen molar-refractivity contribution in [3.63, 3.8) is 0 Å². The molecule has 4 nitrogen and oxygen atoms in total. The van der Waals surface area contributed by atoms with E-state index in [4.69, 9.17) is 0 Å². The van der Waals surface area contributed by atoms with Crippen molar-refractivity contribution in [3.8, 4) is 0 Å². The van der Waals surface area contributed by atoms with E-state index in [0.29, 0.717) is 0 Å². The molecule has 2 amide bonds. The average molecular weight is 556 g/mol. The molecule has 0 radical (unpaired) electrons. The Labute approximate surface area is 249 Å². The molecule has 0 atom stereocenters. The summed E-state index contributed by atoms with van der Waals surface area (Å²) in [5, 5.41) is 9.64. The Morgan fingerprint density at radius 2 is 0.854 bits per heavy atom. The predicted molar refractivity (Wildman–Crippen MR) is 177 cm³/mol. The number of rotatable bonds is 6. The molecule has 0 aliphatic rings. The molecule has 3 aromatic rings. The van der Waals surface area contributed by atoms with Gasteiger partial charge in [-0.1, -0.05) is 119 Å². The largest absolute Gasteiger partial charge is 0.323 e. The molecular formula is C37H53N3O. The van der Waals surface area contributed by atoms with Crippen LogP contribution in [0.3, 0.4) is 0 Å². The highest BCUT2D eigenvalue weighted by Crippen LogP contribution is 2.33. The third-order valence-corrected chi connectivity index (χ3v) is 7.52. The lowest BCUT2D eigenvalue weighted by molar-refractivity contribution is 0.262. The molecule has 0 bridgehead atoms. The summed E-state index contributed by atoms with van der Waals surface area (Å²) in [4.78, 5) is 12.9. The van der Waals surface area contributed by atoms with Gasteiger partial charge < -0.3 is 16.0 Å². The van der Waals surface area contributed by atoms with Crippen LogP contribution in [0.2, 0.25) is 0 Å². The zero-order valence-electron chi connectivity index (χ0n) is 27.6. The van der Waals surface area contributed by atoms with Crippen LogP contribution in [0.1, 0.15) is 116 Å². The summed E-state index contributed by atoms with van der Waals surface area (Å²) in [5.74, 6) is 0. The van der Waals surface area contributed by atoms with E-state index >= 15 is 0 Å². The number of anilines is 2. The zero-order valence-corrected chi connectivity index (χ0v) is 27.6. The average Bonchev–Trinajstić information content (AvgIpc) is 2.82. The highest BCUT2D eigenvalue weighted by Gasteiger charge is 2.22. The van der Waals surface area contributed by atoms with Crippen LogP contribution >= 0.6 is 0 Å². The molecule has 3 rings (SSSR count). The first kappa shape index (κ1) is 32.4. The molecule has 0 saturated carbocycles. The van der Waals surface area contributed by atoms with Gasteiger partial charge in [0.25, 0.3) is 0 Å². The van der Waals surface area contributed by atoms with Gasteiger partial charge in [0.2, 0.25) is 0 Å². The van der Waals surface area contributed by atoms with E-state index in [-0.39, 0.29) is 27.7 Å². The van der Waals surface area contributed by atoms with Crippen molar-refractivity contribution in [1.82, 2.24) is 5.32 Å². The molecule has 0 unspecified atom stereocenters. The van der Waals surface area contributed by atoms with Crippen LogP contribution in [-0.4, -0.2) is 6.03 Å². The standard InChI is InChI=1S/C37H53N3O/c1-34(2,3)27-17-26(18-28(19-27)35(4,5)6)24-38-23-25-13-15-31(16-14-25)39-33(41)40-32-21-29(36(7,8)9)20-30(22-32)37(10,11)12/h13-22,38H,23-24H2,1-12H3,(H2,39,40,41). The number of amides is 2. The molecule has 41 heavy (non-hydrogen) atoms. The first-order valence-electron chi connectivity index (χ1n) is 14.9. The molecule has 4 heteroatoms. The van der Waals surface area contributed by atoms with Crippen LogP contribution in [0.15, 0.2) is 60.7 Å². The molecule has 0 aliphatic heterocycles. The smallest absolute Gasteiger partial charge is 0.309 e. The minimum Gasteiger partial charge on any atom is -0.309 e. The second-order valence-electron chi connectivity index (χ2n) is 15.6. The first-order valence-corrected chi connectivity index (χ1v) is 14.9. The first-order chi connectivity index (χ1) is 18.7. The van der Waals surface area contributed by atoms with E-state index in [1.54, 1.807) is 0 Å². The third-order valence-electron chi connectivity index (χ3n) is 7.52. The van der Waals surface area contributed by atoms with E-state index in [2.05, 4.69) is 148 Å². The quantitative estimate of drug-likeness (QED) is 0.283. The predicted octanol–water partition coefficient (Wildman–Crippen LogP) is 9.81. The van der Waals surface area contributed by atoms with E-state index in [1.165, 1.54) is 33.4 Å². The van der Waals surface area contributed by atoms with Crippen LogP contribution < -0.4 is 16.0 Å². The Balaban J connectivity index is 1.63. The van der Waals surface area contributed by atoms with Crippen molar-refractivity contribution in [2.24, 2.45) is 0 Å². The fourth-order valence-electron chi connectivity index (χ4n) is 4.58. The summed E-state index contributed by atoms with van der Waals surface area (Å²) in [6.45, 7) is 28.4. The molecule has 0 aromatic heterocycles. The van der Waals surface area contributed by atoms with Crippen molar-refractivity contribution in [2.45, 2.75) is 118 Å². The lowest BCUT2D eigenvalue weighted by atomic mass is 9.79. The van der Waals surface area contributed by atoms with E-state index < -0.39 is 0 Å². The summed E-state index contributed by atoms with van der Waals surface area (Å²) in [7, 11) is 0. The topological polar surface area (TPSA) is 53.2 Å². The number of carbonyl (C=O) groups excluding carboxylic acids is 1. The molecule has 0 spiro atoms. The van der Waals surface area contributed by atoms with Crippen molar-refractivity contribution < 1.29 is 4.79 Å². The maximum Gasteiger partial charge on any atom is 0.323 e. The SMILES string of the molecule is CC(C)(C)c1cc(CNCc2ccc(NC(=O)Nc3cc(C(C)(C)C)cc(C(C)(C)C)c3)cc2)cc(C(C)(C)C)c1. The van der Waals surface area contributed by atoms with Crippen molar-refractivity contribution in [1.29, 1.82) is 0 Å². The van der Waals surface area contributed by atoms with Crippen LogP contribution in [0.5, 0.6) is 0 Å². The van der Waals surface area contributed by atoms with Gasteiger partial charge in [0.15, 0.2) is 0 Å². The summed E-state index contributed by atoms with van der Waals surface area (Å²) >= 11 is 0. The molecule has 3 N–H and O–H groups in total. The Kier molecular flexibility index (Phi) is 9.50. The molecule has 0 fully saturated rings. The number of nitrogens with one attached hydrogen (secondary N) is 3. The summed E-state index contributed by atoms with van der Waals surface area (Å²) < 4.78 is 0. The number of hydrogen-bond acceptors (Lipinski definition) is 2. The van der Waals surface area contributed by atoms with Crippen LogP contribution in [0.25, 0.3) is 0 Å². The minimum absolute atomic E-state index is 0.0116. The summed E-state index contributed by atoms with van der Waals surface area (Å²) in [5.41, 5.74) is 9.40. The molecular weight excluding hydrogens is 502 g/mol. The Morgan fingerprint density at radius 1 is 0.488 bits per heavy atom. The number of benzene rings is 3. The van der Waals surface area contributed by atoms with E-state index in [9.17, 15) is 4.79 Å². The van der Waals surface area contributed by atoms with Gasteiger partial charge in [0, 0.05) is 24.5 Å². The highest BCUT2D eigenvalue weighted by atomic mass is 16.2. The number of hydrogen-bond donors (Lipinski definition) is 3. The van der Waals surface area contributed by atoms with Crippen molar-refractivity contribution in [3.05, 3.63) is 94.0 Å². The lowest BCUT2D eigenvalue weighted by Crippen LogP contribution is -2.22. The summed E-state index contributed by atoms with van der Waals surface area (Å²) in [6.07, 6.45) is 0. The second kappa shape index (κ2) is 12.0. The fraction of sp³-hybridized carbons (Fsp3) is 0.486. The van der Waals surface area contributed by atoms with Crippen LogP contribution in [0.4, 0.5) is 16.2 Å². The van der Waals surface area contributed by atoms with Crippen LogP contribution in [0, 0.1) is 0 Å². The van der Waals surface area contributed by atoms with E-state index in [0.717, 1.165) is 24.5 Å². The van der Waals surface area contributed by atoms with Gasteiger partial charge in [-0.15, -0.1) is 0 Å². The van der Waals surface area contributed by atoms with Crippen molar-refractivity contribution in [2.75, 3.05) is 10.6 Å². The zero-order chi connectivity index (χ0) is 30.8. The third kappa shape index (κ3) is 9.46. The number of carbonyl (C=O) groups is 1. The molecule has 0 heterocycles. The maximum atomic E-state index is 12.9. The minimum atomic E-state index is -0.241. The normalized spacial score (nSPS) is 12.8. The van der Waals surface area contributed by atoms with Crippen molar-refractivity contribution >= 4 is 17.4 Å². The van der Waals surface area contributed by atoms with Gasteiger partial charge in [0.1, 0.15) is 0 Å². The molecule has 0 saturated heterocycles. The Hall–Kier alpha value is -3.11. The van der Waals surface area contributed by atoms with E-state index in [1.807, 2.05) is 12.1 Å². The maximum absolute atomic E-state index is 12.9. The van der Waals surface area contributed by atoms with Gasteiger partial charge in [-0.3, -0.25) is 0 Å². The van der Waals surface area contributed by atoms with Gasteiger partial charge in [-0.2, -0.15) is 0 Å². The molecule has 222 valence electrons. The second-order valence-corrected chi connectivity index (χ2v) is 15.6.